The van der Waals surface area contributed by atoms with Crippen LogP contribution in [0.1, 0.15) is 12.7 Å². The summed E-state index contributed by atoms with van der Waals surface area (Å²) in [6.45, 7) is 4.14. The number of imidazole rings is 1. The lowest BCUT2D eigenvalue weighted by Gasteiger charge is -2.28. The molecule has 0 bridgehead atoms. The highest BCUT2D eigenvalue weighted by molar-refractivity contribution is 5.99. The number of aliphatic imine (C=N–C) groups is 1. The van der Waals surface area contributed by atoms with Gasteiger partial charge in [0.25, 0.3) is 0 Å². The first-order valence-electron chi connectivity index (χ1n) is 8.95. The second kappa shape index (κ2) is 5.70. The quantitative estimate of drug-likeness (QED) is 0.691. The van der Waals surface area contributed by atoms with E-state index >= 15 is 0 Å². The summed E-state index contributed by atoms with van der Waals surface area (Å²) in [5.74, 6) is 2.05. The lowest BCUT2D eigenvalue weighted by molar-refractivity contribution is 0.739. The third-order valence-corrected chi connectivity index (χ3v) is 5.15. The van der Waals surface area contributed by atoms with Crippen LogP contribution in [0.25, 0.3) is 16.7 Å². The molecule has 1 aliphatic heterocycles. The first-order valence-corrected chi connectivity index (χ1v) is 8.95. The van der Waals surface area contributed by atoms with E-state index in [0.29, 0.717) is 0 Å². The van der Waals surface area contributed by atoms with Gasteiger partial charge in [0.1, 0.15) is 11.7 Å². The van der Waals surface area contributed by atoms with Crippen molar-refractivity contribution in [1.29, 1.82) is 0 Å². The summed E-state index contributed by atoms with van der Waals surface area (Å²) in [7, 11) is 0. The van der Waals surface area contributed by atoms with E-state index in [2.05, 4.69) is 90.1 Å². The number of aromatic nitrogens is 2. The third kappa shape index (κ3) is 2.22. The van der Waals surface area contributed by atoms with Crippen molar-refractivity contribution >= 4 is 22.6 Å². The molecule has 0 spiro atoms. The zero-order chi connectivity index (χ0) is 17.7. The van der Waals surface area contributed by atoms with Crippen LogP contribution in [-0.2, 0) is 0 Å². The van der Waals surface area contributed by atoms with Crippen LogP contribution in [-0.4, -0.2) is 27.5 Å². The number of anilines is 1. The second-order valence-electron chi connectivity index (χ2n) is 6.80. The first kappa shape index (κ1) is 15.1. The van der Waals surface area contributed by atoms with Crippen molar-refractivity contribution in [3.8, 4) is 5.69 Å². The molecular weight excluding hydrogens is 320 g/mol. The summed E-state index contributed by atoms with van der Waals surface area (Å²) in [5.41, 5.74) is 4.44. The monoisotopic (exact) mass is 340 g/mol. The predicted octanol–water partition coefficient (Wildman–Crippen LogP) is 4.44. The van der Waals surface area contributed by atoms with Crippen LogP contribution in [0, 0.1) is 6.92 Å². The van der Waals surface area contributed by atoms with Crippen molar-refractivity contribution in [2.45, 2.75) is 25.9 Å². The Hall–Kier alpha value is -3.14. The summed E-state index contributed by atoms with van der Waals surface area (Å²) < 4.78 is 2.22. The number of aryl methyl sites for hydroxylation is 1. The molecule has 0 saturated heterocycles. The Morgan fingerprint density at radius 3 is 2.62 bits per heavy atom. The van der Waals surface area contributed by atoms with Gasteiger partial charge in [0, 0.05) is 11.4 Å². The summed E-state index contributed by atoms with van der Waals surface area (Å²) >= 11 is 0. The number of nitrogens with zero attached hydrogens (tertiary/aromatic N) is 4. The van der Waals surface area contributed by atoms with Gasteiger partial charge in [-0.1, -0.05) is 42.5 Å². The number of fused-ring (bicyclic) bond motifs is 2. The molecule has 2 heterocycles. The molecule has 2 aromatic carbocycles. The summed E-state index contributed by atoms with van der Waals surface area (Å²) in [6.07, 6.45) is 8.60. The predicted molar refractivity (Wildman–Crippen MR) is 107 cm³/mol. The molecule has 2 atom stereocenters. The number of amidine groups is 1. The lowest BCUT2D eigenvalue weighted by atomic mass is 10.0. The van der Waals surface area contributed by atoms with E-state index in [-0.39, 0.29) is 12.1 Å². The van der Waals surface area contributed by atoms with E-state index in [1.807, 2.05) is 6.07 Å². The molecule has 2 unspecified atom stereocenters. The first-order chi connectivity index (χ1) is 12.7. The number of benzene rings is 2. The Balaban J connectivity index is 1.62. The minimum absolute atomic E-state index is 0.208. The average molecular weight is 340 g/mol. The molecule has 26 heavy (non-hydrogen) atoms. The Kier molecular flexibility index (Phi) is 3.32. The maximum absolute atomic E-state index is 4.81. The normalized spacial score (nSPS) is 21.3. The third-order valence-electron chi connectivity index (χ3n) is 5.15. The van der Waals surface area contributed by atoms with Crippen molar-refractivity contribution in [2.24, 2.45) is 4.99 Å². The molecule has 0 radical (unpaired) electrons. The molecule has 4 heteroatoms. The minimum atomic E-state index is 0.208. The number of hydrogen-bond acceptors (Lipinski definition) is 3. The highest BCUT2D eigenvalue weighted by atomic mass is 15.3. The maximum Gasteiger partial charge on any atom is 0.111 e. The molecule has 128 valence electrons. The zero-order valence-electron chi connectivity index (χ0n) is 14.9. The minimum Gasteiger partial charge on any atom is -0.321 e. The van der Waals surface area contributed by atoms with Gasteiger partial charge in [0.2, 0.25) is 0 Å². The van der Waals surface area contributed by atoms with Gasteiger partial charge in [0.05, 0.1) is 23.1 Å². The van der Waals surface area contributed by atoms with Crippen molar-refractivity contribution in [2.75, 3.05) is 4.90 Å². The molecule has 5 rings (SSSR count). The van der Waals surface area contributed by atoms with Gasteiger partial charge in [-0.25, -0.2) is 4.98 Å². The Morgan fingerprint density at radius 2 is 1.69 bits per heavy atom. The molecular formula is C22H20N4. The molecule has 0 amide bonds. The Morgan fingerprint density at radius 1 is 0.885 bits per heavy atom. The second-order valence-corrected chi connectivity index (χ2v) is 6.80. The average Bonchev–Trinajstić information content (AvgIpc) is 3.17. The number of rotatable bonds is 2. The fraction of sp³-hybridized carbons (Fsp3) is 0.182. The van der Waals surface area contributed by atoms with E-state index in [1.165, 1.54) is 0 Å². The van der Waals surface area contributed by atoms with E-state index in [1.54, 1.807) is 0 Å². The van der Waals surface area contributed by atoms with Crippen molar-refractivity contribution in [1.82, 2.24) is 9.55 Å². The molecule has 2 aliphatic rings. The van der Waals surface area contributed by atoms with Crippen molar-refractivity contribution in [3.63, 3.8) is 0 Å². The van der Waals surface area contributed by atoms with Crippen LogP contribution in [0.4, 0.5) is 5.69 Å². The van der Waals surface area contributed by atoms with E-state index in [4.69, 9.17) is 9.98 Å². The SMILES string of the molecule is CC1=NC2C=CC=CC2N1c1cccc(-n2c(C)nc3ccccc32)c1. The molecule has 0 fully saturated rings. The molecule has 4 nitrogen and oxygen atoms in total. The highest BCUT2D eigenvalue weighted by Gasteiger charge is 2.32. The maximum atomic E-state index is 4.81. The Labute approximate surface area is 152 Å². The molecule has 1 aromatic heterocycles. The molecule has 1 aliphatic carbocycles. The smallest absolute Gasteiger partial charge is 0.111 e. The van der Waals surface area contributed by atoms with Crippen LogP contribution in [0.5, 0.6) is 0 Å². The lowest BCUT2D eigenvalue weighted by Crippen LogP contribution is -2.37. The van der Waals surface area contributed by atoms with Crippen LogP contribution >= 0.6 is 0 Å². The van der Waals surface area contributed by atoms with E-state index < -0.39 is 0 Å². The zero-order valence-corrected chi connectivity index (χ0v) is 14.9. The van der Waals surface area contributed by atoms with Gasteiger partial charge in [-0.3, -0.25) is 9.56 Å². The van der Waals surface area contributed by atoms with Crippen LogP contribution in [0.3, 0.4) is 0 Å². The number of hydrogen-bond donors (Lipinski definition) is 0. The van der Waals surface area contributed by atoms with E-state index in [9.17, 15) is 0 Å². The largest absolute Gasteiger partial charge is 0.321 e. The van der Waals surface area contributed by atoms with Crippen molar-refractivity contribution < 1.29 is 0 Å². The molecule has 0 saturated carbocycles. The fourth-order valence-corrected chi connectivity index (χ4v) is 4.05. The van der Waals surface area contributed by atoms with Crippen LogP contribution in [0.2, 0.25) is 0 Å². The van der Waals surface area contributed by atoms with Gasteiger partial charge < -0.3 is 4.90 Å². The topological polar surface area (TPSA) is 33.4 Å². The highest BCUT2D eigenvalue weighted by Crippen LogP contribution is 2.31. The molecule has 0 N–H and O–H groups in total. The number of allylic oxidation sites excluding steroid dienone is 2. The molecule has 3 aromatic rings. The van der Waals surface area contributed by atoms with Crippen molar-refractivity contribution in [3.05, 3.63) is 78.7 Å². The van der Waals surface area contributed by atoms with E-state index in [0.717, 1.165) is 34.1 Å². The summed E-state index contributed by atoms with van der Waals surface area (Å²) in [4.78, 5) is 11.8. The van der Waals surface area contributed by atoms with Gasteiger partial charge in [-0.05, 0) is 44.2 Å². The number of para-hydroxylation sites is 2. The van der Waals surface area contributed by atoms with Gasteiger partial charge in [0.15, 0.2) is 0 Å². The van der Waals surface area contributed by atoms with Crippen LogP contribution < -0.4 is 4.90 Å². The summed E-state index contributed by atoms with van der Waals surface area (Å²) in [5, 5.41) is 0. The Bertz CT molecular complexity index is 1090. The van der Waals surface area contributed by atoms with Gasteiger partial charge in [-0.2, -0.15) is 0 Å². The van der Waals surface area contributed by atoms with Crippen LogP contribution in [0.15, 0.2) is 77.8 Å². The van der Waals surface area contributed by atoms with Gasteiger partial charge in [-0.15, -0.1) is 0 Å². The van der Waals surface area contributed by atoms with Gasteiger partial charge >= 0.3 is 0 Å². The standard InChI is InChI=1S/C22H20N4/c1-15-23-19-10-3-5-12-21(19)25(15)17-8-7-9-18(14-17)26-16(2)24-20-11-4-6-13-22(20)26/h3-14,19,21H,1-2H3. The summed E-state index contributed by atoms with van der Waals surface area (Å²) in [6, 6.07) is 17.4. The fourth-order valence-electron chi connectivity index (χ4n) is 4.05.